The SMILES string of the molecule is CC.CC(C)c1ccc(N)cc1F. The van der Waals surface area contributed by atoms with Crippen LogP contribution < -0.4 is 5.73 Å². The average Bonchev–Trinajstić information content (AvgIpc) is 2.07. The van der Waals surface area contributed by atoms with E-state index >= 15 is 0 Å². The molecule has 1 aromatic carbocycles. The van der Waals surface area contributed by atoms with Crippen LogP contribution in [0.15, 0.2) is 18.2 Å². The molecule has 2 heteroatoms. The first-order chi connectivity index (χ1) is 6.11. The van der Waals surface area contributed by atoms with Crippen LogP contribution in [0.5, 0.6) is 0 Å². The zero-order valence-corrected chi connectivity index (χ0v) is 8.76. The van der Waals surface area contributed by atoms with Crippen molar-refractivity contribution < 1.29 is 4.39 Å². The predicted molar refractivity (Wildman–Crippen MR) is 56.2 cm³/mol. The molecular weight excluding hydrogens is 165 g/mol. The monoisotopic (exact) mass is 183 g/mol. The fourth-order valence-corrected chi connectivity index (χ4v) is 1.01. The van der Waals surface area contributed by atoms with E-state index in [4.69, 9.17) is 5.73 Å². The predicted octanol–water partition coefficient (Wildman–Crippen LogP) is 3.56. The van der Waals surface area contributed by atoms with E-state index in [1.807, 2.05) is 27.7 Å². The first-order valence-corrected chi connectivity index (χ1v) is 4.66. The minimum absolute atomic E-state index is 0.208. The van der Waals surface area contributed by atoms with Gasteiger partial charge in [0, 0.05) is 5.69 Å². The lowest BCUT2D eigenvalue weighted by molar-refractivity contribution is 0.599. The molecule has 2 N–H and O–H groups in total. The molecule has 0 spiro atoms. The van der Waals surface area contributed by atoms with Gasteiger partial charge in [0.2, 0.25) is 0 Å². The van der Waals surface area contributed by atoms with E-state index in [1.165, 1.54) is 6.07 Å². The third-order valence-electron chi connectivity index (χ3n) is 1.65. The fraction of sp³-hybridized carbons (Fsp3) is 0.455. The summed E-state index contributed by atoms with van der Waals surface area (Å²) in [6, 6.07) is 4.81. The number of halogens is 1. The second-order valence-corrected chi connectivity index (χ2v) is 2.94. The summed E-state index contributed by atoms with van der Waals surface area (Å²) in [4.78, 5) is 0. The minimum atomic E-state index is -0.208. The van der Waals surface area contributed by atoms with Crippen molar-refractivity contribution in [2.75, 3.05) is 5.73 Å². The summed E-state index contributed by atoms with van der Waals surface area (Å²) in [5.74, 6) is 0.00981. The van der Waals surface area contributed by atoms with Crippen molar-refractivity contribution in [2.24, 2.45) is 0 Å². The summed E-state index contributed by atoms with van der Waals surface area (Å²) < 4.78 is 13.0. The van der Waals surface area contributed by atoms with Crippen LogP contribution >= 0.6 is 0 Å². The molecule has 0 saturated carbocycles. The first-order valence-electron chi connectivity index (χ1n) is 4.66. The van der Waals surface area contributed by atoms with E-state index < -0.39 is 0 Å². The largest absolute Gasteiger partial charge is 0.399 e. The van der Waals surface area contributed by atoms with Gasteiger partial charge in [-0.05, 0) is 23.6 Å². The number of nitrogens with two attached hydrogens (primary N) is 1. The van der Waals surface area contributed by atoms with Gasteiger partial charge in [0.1, 0.15) is 5.82 Å². The second kappa shape index (κ2) is 5.57. The standard InChI is InChI=1S/C9H12FN.C2H6/c1-6(2)8-4-3-7(11)5-9(8)10;1-2/h3-6H,11H2,1-2H3;1-2H3. The van der Waals surface area contributed by atoms with Crippen molar-refractivity contribution in [1.82, 2.24) is 0 Å². The highest BCUT2D eigenvalue weighted by molar-refractivity contribution is 5.41. The van der Waals surface area contributed by atoms with E-state index in [9.17, 15) is 4.39 Å². The molecular formula is C11H18FN. The molecule has 0 fully saturated rings. The van der Waals surface area contributed by atoms with Crippen LogP contribution in [0.1, 0.15) is 39.2 Å². The topological polar surface area (TPSA) is 26.0 Å². The normalized spacial score (nSPS) is 9.38. The number of rotatable bonds is 1. The zero-order chi connectivity index (χ0) is 10.4. The molecule has 74 valence electrons. The van der Waals surface area contributed by atoms with Crippen molar-refractivity contribution in [3.63, 3.8) is 0 Å². The summed E-state index contributed by atoms with van der Waals surface area (Å²) in [5.41, 5.74) is 6.59. The molecule has 13 heavy (non-hydrogen) atoms. The van der Waals surface area contributed by atoms with Gasteiger partial charge in [-0.3, -0.25) is 0 Å². The van der Waals surface area contributed by atoms with Gasteiger partial charge in [0.15, 0.2) is 0 Å². The van der Waals surface area contributed by atoms with Crippen molar-refractivity contribution in [3.05, 3.63) is 29.6 Å². The summed E-state index contributed by atoms with van der Waals surface area (Å²) in [5, 5.41) is 0. The number of hydrogen-bond acceptors (Lipinski definition) is 1. The van der Waals surface area contributed by atoms with Gasteiger partial charge < -0.3 is 5.73 Å². The van der Waals surface area contributed by atoms with Crippen LogP contribution in [0, 0.1) is 5.82 Å². The number of anilines is 1. The zero-order valence-electron chi connectivity index (χ0n) is 8.76. The van der Waals surface area contributed by atoms with Gasteiger partial charge in [0.25, 0.3) is 0 Å². The smallest absolute Gasteiger partial charge is 0.128 e. The fourth-order valence-electron chi connectivity index (χ4n) is 1.01. The van der Waals surface area contributed by atoms with Gasteiger partial charge >= 0.3 is 0 Å². The van der Waals surface area contributed by atoms with Crippen molar-refractivity contribution in [3.8, 4) is 0 Å². The Morgan fingerprint density at radius 3 is 2.15 bits per heavy atom. The Morgan fingerprint density at radius 1 is 1.23 bits per heavy atom. The molecule has 0 aliphatic heterocycles. The second-order valence-electron chi connectivity index (χ2n) is 2.94. The minimum Gasteiger partial charge on any atom is -0.399 e. The highest BCUT2D eigenvalue weighted by Gasteiger charge is 2.05. The number of hydrogen-bond donors (Lipinski definition) is 1. The van der Waals surface area contributed by atoms with Gasteiger partial charge in [-0.25, -0.2) is 4.39 Å². The molecule has 0 bridgehead atoms. The molecule has 0 amide bonds. The highest BCUT2D eigenvalue weighted by Crippen LogP contribution is 2.19. The van der Waals surface area contributed by atoms with Crippen LogP contribution in [-0.4, -0.2) is 0 Å². The Kier molecular flexibility index (Phi) is 5.12. The third kappa shape index (κ3) is 3.45. The Morgan fingerprint density at radius 2 is 1.77 bits per heavy atom. The van der Waals surface area contributed by atoms with E-state index in [1.54, 1.807) is 12.1 Å². The van der Waals surface area contributed by atoms with Gasteiger partial charge in [-0.15, -0.1) is 0 Å². The lowest BCUT2D eigenvalue weighted by Crippen LogP contribution is -1.94. The molecule has 1 rings (SSSR count). The van der Waals surface area contributed by atoms with Crippen LogP contribution in [-0.2, 0) is 0 Å². The molecule has 1 nitrogen and oxygen atoms in total. The summed E-state index contributed by atoms with van der Waals surface area (Å²) in [6.07, 6.45) is 0. The molecule has 0 aliphatic rings. The van der Waals surface area contributed by atoms with Gasteiger partial charge in [-0.2, -0.15) is 0 Å². The summed E-state index contributed by atoms with van der Waals surface area (Å²) >= 11 is 0. The summed E-state index contributed by atoms with van der Waals surface area (Å²) in [6.45, 7) is 7.91. The molecule has 0 unspecified atom stereocenters. The molecule has 0 atom stereocenters. The van der Waals surface area contributed by atoms with Crippen molar-refractivity contribution in [2.45, 2.75) is 33.6 Å². The third-order valence-corrected chi connectivity index (χ3v) is 1.65. The summed E-state index contributed by atoms with van der Waals surface area (Å²) in [7, 11) is 0. The maximum Gasteiger partial charge on any atom is 0.128 e. The lowest BCUT2D eigenvalue weighted by atomic mass is 10.0. The Labute approximate surface area is 79.8 Å². The van der Waals surface area contributed by atoms with Crippen LogP contribution in [0.25, 0.3) is 0 Å². The van der Waals surface area contributed by atoms with Crippen LogP contribution in [0.3, 0.4) is 0 Å². The van der Waals surface area contributed by atoms with E-state index in [2.05, 4.69) is 0 Å². The van der Waals surface area contributed by atoms with Crippen LogP contribution in [0.2, 0.25) is 0 Å². The van der Waals surface area contributed by atoms with Crippen molar-refractivity contribution >= 4 is 5.69 Å². The van der Waals surface area contributed by atoms with E-state index in [0.29, 0.717) is 5.69 Å². The van der Waals surface area contributed by atoms with Gasteiger partial charge in [-0.1, -0.05) is 33.8 Å². The first kappa shape index (κ1) is 11.9. The average molecular weight is 183 g/mol. The Balaban J connectivity index is 0.000000671. The molecule has 0 aliphatic carbocycles. The number of benzene rings is 1. The van der Waals surface area contributed by atoms with E-state index in [0.717, 1.165) is 5.56 Å². The maximum absolute atomic E-state index is 13.0. The van der Waals surface area contributed by atoms with E-state index in [-0.39, 0.29) is 11.7 Å². The number of nitrogen functional groups attached to an aromatic ring is 1. The lowest BCUT2D eigenvalue weighted by Gasteiger charge is -2.06. The Hall–Kier alpha value is -1.05. The Bertz CT molecular complexity index is 256. The molecule has 1 aromatic rings. The molecule has 0 saturated heterocycles. The molecule has 0 aromatic heterocycles. The quantitative estimate of drug-likeness (QED) is 0.662. The highest BCUT2D eigenvalue weighted by atomic mass is 19.1. The maximum atomic E-state index is 13.0. The molecule has 0 heterocycles. The molecule has 0 radical (unpaired) electrons. The van der Waals surface area contributed by atoms with Crippen molar-refractivity contribution in [1.29, 1.82) is 0 Å². The van der Waals surface area contributed by atoms with Crippen LogP contribution in [0.4, 0.5) is 10.1 Å². The van der Waals surface area contributed by atoms with Gasteiger partial charge in [0.05, 0.1) is 0 Å².